The van der Waals surface area contributed by atoms with Gasteiger partial charge >= 0.3 is 0 Å². The highest BCUT2D eigenvalue weighted by molar-refractivity contribution is 5.40. The van der Waals surface area contributed by atoms with Gasteiger partial charge in [-0.25, -0.2) is 0 Å². The van der Waals surface area contributed by atoms with Crippen LogP contribution in [-0.2, 0) is 12.0 Å². The van der Waals surface area contributed by atoms with Gasteiger partial charge in [-0.15, -0.1) is 0 Å². The van der Waals surface area contributed by atoms with Crippen LogP contribution in [0.5, 0.6) is 0 Å². The summed E-state index contributed by atoms with van der Waals surface area (Å²) in [7, 11) is 0. The summed E-state index contributed by atoms with van der Waals surface area (Å²) >= 11 is 0. The third kappa shape index (κ3) is 3.10. The summed E-state index contributed by atoms with van der Waals surface area (Å²) in [5.41, 5.74) is 6.05. The second-order valence-corrected chi connectivity index (χ2v) is 6.49. The first-order chi connectivity index (χ1) is 7.88. The number of nitrogens with one attached hydrogen (secondary N) is 1. The van der Waals surface area contributed by atoms with Gasteiger partial charge < -0.3 is 5.32 Å². The minimum absolute atomic E-state index is 0.248. The van der Waals surface area contributed by atoms with Crippen LogP contribution in [0.3, 0.4) is 0 Å². The lowest BCUT2D eigenvalue weighted by Gasteiger charge is -2.22. The van der Waals surface area contributed by atoms with Gasteiger partial charge in [0.1, 0.15) is 0 Å². The normalized spacial score (nSPS) is 16.3. The van der Waals surface area contributed by atoms with Crippen molar-refractivity contribution in [2.24, 2.45) is 0 Å². The fourth-order valence-electron chi connectivity index (χ4n) is 2.24. The van der Waals surface area contributed by atoms with Gasteiger partial charge in [-0.2, -0.15) is 0 Å². The third-order valence-corrected chi connectivity index (χ3v) is 3.71. The summed E-state index contributed by atoms with van der Waals surface area (Å²) in [5, 5.41) is 3.61. The van der Waals surface area contributed by atoms with E-state index in [0.717, 1.165) is 12.6 Å². The van der Waals surface area contributed by atoms with Crippen molar-refractivity contribution >= 4 is 0 Å². The highest BCUT2D eigenvalue weighted by Gasteiger charge is 2.21. The Morgan fingerprint density at radius 2 is 1.65 bits per heavy atom. The van der Waals surface area contributed by atoms with E-state index in [9.17, 15) is 0 Å². The molecular weight excluding hydrogens is 206 g/mol. The van der Waals surface area contributed by atoms with Gasteiger partial charge in [-0.3, -0.25) is 0 Å². The van der Waals surface area contributed by atoms with E-state index < -0.39 is 0 Å². The van der Waals surface area contributed by atoms with Crippen molar-refractivity contribution in [3.63, 3.8) is 0 Å². The minimum atomic E-state index is 0.248. The minimum Gasteiger partial charge on any atom is -0.310 e. The Kier molecular flexibility index (Phi) is 3.31. The molecule has 1 saturated carbocycles. The molecule has 0 aliphatic heterocycles. The number of rotatable bonds is 3. The smallest absolute Gasteiger partial charge is 0.0213 e. The molecule has 0 saturated heterocycles. The van der Waals surface area contributed by atoms with Crippen molar-refractivity contribution in [1.82, 2.24) is 5.32 Å². The molecule has 0 spiro atoms. The van der Waals surface area contributed by atoms with E-state index in [0.29, 0.717) is 0 Å². The van der Waals surface area contributed by atoms with Crippen molar-refractivity contribution in [2.75, 3.05) is 0 Å². The molecule has 2 rings (SSSR count). The van der Waals surface area contributed by atoms with Gasteiger partial charge in [0.05, 0.1) is 0 Å². The average Bonchev–Trinajstić information content (AvgIpc) is 2.98. The molecule has 1 aliphatic rings. The standard InChI is InChI=1S/C16H25N/c1-11-8-13(16(3,4)5)9-12(2)15(11)10-17-14-6-7-14/h8-9,14,17H,6-7,10H2,1-5H3. The van der Waals surface area contributed by atoms with Crippen LogP contribution in [-0.4, -0.2) is 6.04 Å². The Labute approximate surface area is 106 Å². The van der Waals surface area contributed by atoms with E-state index in [1.165, 1.54) is 35.1 Å². The summed E-state index contributed by atoms with van der Waals surface area (Å²) in [5.74, 6) is 0. The molecule has 17 heavy (non-hydrogen) atoms. The zero-order chi connectivity index (χ0) is 12.6. The summed E-state index contributed by atoms with van der Waals surface area (Å²) in [6.45, 7) is 12.4. The molecule has 1 heteroatoms. The molecule has 1 N–H and O–H groups in total. The van der Waals surface area contributed by atoms with Crippen LogP contribution in [0.1, 0.15) is 55.9 Å². The second-order valence-electron chi connectivity index (χ2n) is 6.49. The zero-order valence-electron chi connectivity index (χ0n) is 11.9. The van der Waals surface area contributed by atoms with E-state index >= 15 is 0 Å². The molecule has 1 nitrogen and oxygen atoms in total. The van der Waals surface area contributed by atoms with Crippen LogP contribution in [0.25, 0.3) is 0 Å². The van der Waals surface area contributed by atoms with Crippen LogP contribution in [0.2, 0.25) is 0 Å². The van der Waals surface area contributed by atoms with Crippen molar-refractivity contribution < 1.29 is 0 Å². The van der Waals surface area contributed by atoms with Crippen molar-refractivity contribution in [1.29, 1.82) is 0 Å². The van der Waals surface area contributed by atoms with Crippen molar-refractivity contribution in [2.45, 2.75) is 65.5 Å². The predicted octanol–water partition coefficient (Wildman–Crippen LogP) is 3.85. The highest BCUT2D eigenvalue weighted by Crippen LogP contribution is 2.27. The second kappa shape index (κ2) is 4.45. The van der Waals surface area contributed by atoms with Crippen molar-refractivity contribution in [3.05, 3.63) is 34.4 Å². The van der Waals surface area contributed by atoms with Crippen molar-refractivity contribution in [3.8, 4) is 0 Å². The van der Waals surface area contributed by atoms with E-state index in [-0.39, 0.29) is 5.41 Å². The lowest BCUT2D eigenvalue weighted by atomic mass is 9.84. The zero-order valence-corrected chi connectivity index (χ0v) is 11.9. The van der Waals surface area contributed by atoms with Gasteiger partial charge in [0.15, 0.2) is 0 Å². The van der Waals surface area contributed by atoms with Gasteiger partial charge in [0, 0.05) is 12.6 Å². The Balaban J connectivity index is 2.21. The maximum absolute atomic E-state index is 3.61. The predicted molar refractivity (Wildman–Crippen MR) is 74.5 cm³/mol. The number of aryl methyl sites for hydroxylation is 2. The highest BCUT2D eigenvalue weighted by atomic mass is 14.9. The summed E-state index contributed by atoms with van der Waals surface area (Å²) in [6.07, 6.45) is 2.72. The lowest BCUT2D eigenvalue weighted by molar-refractivity contribution is 0.587. The largest absolute Gasteiger partial charge is 0.310 e. The van der Waals surface area contributed by atoms with E-state index in [1.54, 1.807) is 0 Å². The van der Waals surface area contributed by atoms with E-state index in [1.807, 2.05) is 0 Å². The first-order valence-corrected chi connectivity index (χ1v) is 6.72. The number of benzene rings is 1. The molecule has 0 bridgehead atoms. The topological polar surface area (TPSA) is 12.0 Å². The van der Waals surface area contributed by atoms with Gasteiger partial charge in [-0.1, -0.05) is 32.9 Å². The number of hydrogen-bond donors (Lipinski definition) is 1. The van der Waals surface area contributed by atoms with Gasteiger partial charge in [-0.05, 0) is 54.4 Å². The molecule has 0 radical (unpaired) electrons. The Bertz CT molecular complexity index is 385. The van der Waals surface area contributed by atoms with Crippen LogP contribution >= 0.6 is 0 Å². The fraction of sp³-hybridized carbons (Fsp3) is 0.625. The molecular formula is C16H25N. The SMILES string of the molecule is Cc1cc(C(C)(C)C)cc(C)c1CNC1CC1. The fourth-order valence-corrected chi connectivity index (χ4v) is 2.24. The first-order valence-electron chi connectivity index (χ1n) is 6.72. The van der Waals surface area contributed by atoms with E-state index in [4.69, 9.17) is 0 Å². The van der Waals surface area contributed by atoms with Crippen LogP contribution < -0.4 is 5.32 Å². The maximum Gasteiger partial charge on any atom is 0.0213 e. The average molecular weight is 231 g/mol. The summed E-state index contributed by atoms with van der Waals surface area (Å²) in [6, 6.07) is 5.50. The Morgan fingerprint density at radius 1 is 1.12 bits per heavy atom. The number of hydrogen-bond acceptors (Lipinski definition) is 1. The summed E-state index contributed by atoms with van der Waals surface area (Å²) in [4.78, 5) is 0. The Hall–Kier alpha value is -0.820. The molecule has 0 heterocycles. The molecule has 0 aromatic heterocycles. The molecule has 94 valence electrons. The Morgan fingerprint density at radius 3 is 2.06 bits per heavy atom. The quantitative estimate of drug-likeness (QED) is 0.833. The van der Waals surface area contributed by atoms with Gasteiger partial charge in [0.25, 0.3) is 0 Å². The molecule has 0 unspecified atom stereocenters. The molecule has 1 aromatic carbocycles. The van der Waals surface area contributed by atoms with Crippen LogP contribution in [0.4, 0.5) is 0 Å². The molecule has 1 fully saturated rings. The molecule has 0 atom stereocenters. The summed E-state index contributed by atoms with van der Waals surface area (Å²) < 4.78 is 0. The van der Waals surface area contributed by atoms with E-state index in [2.05, 4.69) is 52.1 Å². The maximum atomic E-state index is 3.61. The molecule has 1 aromatic rings. The molecule has 0 amide bonds. The first kappa shape index (κ1) is 12.6. The molecule has 1 aliphatic carbocycles. The van der Waals surface area contributed by atoms with Crippen LogP contribution in [0.15, 0.2) is 12.1 Å². The monoisotopic (exact) mass is 231 g/mol. The third-order valence-electron chi connectivity index (χ3n) is 3.71. The lowest BCUT2D eigenvalue weighted by Crippen LogP contribution is -2.18. The van der Waals surface area contributed by atoms with Crippen LogP contribution in [0, 0.1) is 13.8 Å². The van der Waals surface area contributed by atoms with Gasteiger partial charge in [0.2, 0.25) is 0 Å².